The molecule has 0 aliphatic rings. The smallest absolute Gasteiger partial charge is 0.387 e. The second-order valence-electron chi connectivity index (χ2n) is 5.93. The Bertz CT molecular complexity index is 927. The van der Waals surface area contributed by atoms with Gasteiger partial charge in [0.05, 0.1) is 4.90 Å². The van der Waals surface area contributed by atoms with Crippen molar-refractivity contribution in [2.75, 3.05) is 18.4 Å². The number of amides is 1. The van der Waals surface area contributed by atoms with E-state index in [-0.39, 0.29) is 16.2 Å². The maximum atomic E-state index is 12.8. The minimum atomic E-state index is -3.68. The summed E-state index contributed by atoms with van der Waals surface area (Å²) < 4.78 is 55.5. The second kappa shape index (κ2) is 9.11. The largest absolute Gasteiger partial charge is 0.435 e. The quantitative estimate of drug-likeness (QED) is 0.714. The maximum absolute atomic E-state index is 12.8. The van der Waals surface area contributed by atoms with Crippen LogP contribution in [0.1, 0.15) is 29.8 Å². The molecule has 1 N–H and O–H groups in total. The highest BCUT2D eigenvalue weighted by molar-refractivity contribution is 7.89. The summed E-state index contributed by atoms with van der Waals surface area (Å²) in [5, 5.41) is 2.62. The van der Waals surface area contributed by atoms with Crippen molar-refractivity contribution in [1.82, 2.24) is 4.31 Å². The third-order valence-electron chi connectivity index (χ3n) is 4.11. The molecule has 152 valence electrons. The van der Waals surface area contributed by atoms with E-state index in [4.69, 9.17) is 0 Å². The molecule has 6 nitrogen and oxygen atoms in total. The van der Waals surface area contributed by atoms with Crippen LogP contribution in [0, 0.1) is 6.92 Å². The molecule has 0 bridgehead atoms. The van der Waals surface area contributed by atoms with Gasteiger partial charge in [-0.2, -0.15) is 13.1 Å². The van der Waals surface area contributed by atoms with E-state index in [1.165, 1.54) is 34.6 Å². The Hall–Kier alpha value is -2.52. The Labute approximate surface area is 163 Å². The predicted molar refractivity (Wildman–Crippen MR) is 102 cm³/mol. The standard InChI is InChI=1S/C19H22F2N2O4S/c1-4-23(5-2)28(25,26)17-12-15(9-6-13(17)3)22-18(24)14-7-10-16(11-8-14)27-19(20)21/h6-12,19H,4-5H2,1-3H3,(H,22,24). The molecule has 0 aliphatic heterocycles. The fourth-order valence-corrected chi connectivity index (χ4v) is 4.36. The highest BCUT2D eigenvalue weighted by Crippen LogP contribution is 2.24. The molecule has 0 aliphatic carbocycles. The molecular formula is C19H22F2N2O4S. The van der Waals surface area contributed by atoms with Crippen LogP contribution in [0.4, 0.5) is 14.5 Å². The minimum Gasteiger partial charge on any atom is -0.435 e. The molecule has 28 heavy (non-hydrogen) atoms. The second-order valence-corrected chi connectivity index (χ2v) is 7.83. The zero-order chi connectivity index (χ0) is 20.9. The lowest BCUT2D eigenvalue weighted by atomic mass is 10.2. The average Bonchev–Trinajstić information content (AvgIpc) is 2.64. The number of anilines is 1. The molecule has 0 heterocycles. The molecule has 0 saturated heterocycles. The van der Waals surface area contributed by atoms with Crippen LogP contribution in [-0.4, -0.2) is 38.3 Å². The Kier molecular flexibility index (Phi) is 7.09. The van der Waals surface area contributed by atoms with E-state index in [1.807, 2.05) is 0 Å². The SMILES string of the molecule is CCN(CC)S(=O)(=O)c1cc(NC(=O)c2ccc(OC(F)F)cc2)ccc1C. The van der Waals surface area contributed by atoms with E-state index >= 15 is 0 Å². The monoisotopic (exact) mass is 412 g/mol. The van der Waals surface area contributed by atoms with Gasteiger partial charge in [0, 0.05) is 24.3 Å². The number of halogens is 2. The van der Waals surface area contributed by atoms with Gasteiger partial charge in [-0.15, -0.1) is 0 Å². The lowest BCUT2D eigenvalue weighted by Crippen LogP contribution is -2.31. The molecule has 2 aromatic rings. The topological polar surface area (TPSA) is 75.7 Å². The van der Waals surface area contributed by atoms with Gasteiger partial charge in [0.1, 0.15) is 5.75 Å². The van der Waals surface area contributed by atoms with E-state index in [2.05, 4.69) is 10.1 Å². The summed E-state index contributed by atoms with van der Waals surface area (Å²) in [6.07, 6.45) is 0. The van der Waals surface area contributed by atoms with Gasteiger partial charge in [-0.1, -0.05) is 19.9 Å². The van der Waals surface area contributed by atoms with Gasteiger partial charge < -0.3 is 10.1 Å². The van der Waals surface area contributed by atoms with E-state index in [1.54, 1.807) is 32.9 Å². The Morgan fingerprint density at radius 1 is 1.11 bits per heavy atom. The molecule has 0 aromatic heterocycles. The first-order valence-electron chi connectivity index (χ1n) is 8.66. The normalized spacial score (nSPS) is 11.7. The Balaban J connectivity index is 2.24. The number of ether oxygens (including phenoxy) is 1. The van der Waals surface area contributed by atoms with Crippen LogP contribution in [0.15, 0.2) is 47.4 Å². The van der Waals surface area contributed by atoms with Crippen LogP contribution >= 0.6 is 0 Å². The number of carbonyl (C=O) groups excluding carboxylic acids is 1. The summed E-state index contributed by atoms with van der Waals surface area (Å²) in [7, 11) is -3.68. The predicted octanol–water partition coefficient (Wildman–Crippen LogP) is 3.88. The van der Waals surface area contributed by atoms with Gasteiger partial charge >= 0.3 is 6.61 Å². The number of sulfonamides is 1. The van der Waals surface area contributed by atoms with Crippen LogP contribution in [0.3, 0.4) is 0 Å². The van der Waals surface area contributed by atoms with Gasteiger partial charge in [-0.3, -0.25) is 4.79 Å². The van der Waals surface area contributed by atoms with Crippen LogP contribution < -0.4 is 10.1 Å². The molecule has 0 fully saturated rings. The Morgan fingerprint density at radius 3 is 2.25 bits per heavy atom. The number of nitrogens with one attached hydrogen (secondary N) is 1. The third kappa shape index (κ3) is 5.05. The van der Waals surface area contributed by atoms with Crippen molar-refractivity contribution in [3.8, 4) is 5.75 Å². The molecule has 2 aromatic carbocycles. The van der Waals surface area contributed by atoms with Crippen molar-refractivity contribution in [2.24, 2.45) is 0 Å². The molecule has 0 spiro atoms. The van der Waals surface area contributed by atoms with Crippen molar-refractivity contribution in [2.45, 2.75) is 32.3 Å². The number of carbonyl (C=O) groups is 1. The van der Waals surface area contributed by atoms with Crippen LogP contribution in [0.2, 0.25) is 0 Å². The number of nitrogens with zero attached hydrogens (tertiary/aromatic N) is 1. The lowest BCUT2D eigenvalue weighted by molar-refractivity contribution is -0.0498. The lowest BCUT2D eigenvalue weighted by Gasteiger charge is -2.20. The number of aryl methyl sites for hydroxylation is 1. The maximum Gasteiger partial charge on any atom is 0.387 e. The molecular weight excluding hydrogens is 390 g/mol. The van der Waals surface area contributed by atoms with Crippen molar-refractivity contribution >= 4 is 21.6 Å². The summed E-state index contributed by atoms with van der Waals surface area (Å²) >= 11 is 0. The summed E-state index contributed by atoms with van der Waals surface area (Å²) in [6.45, 7) is 2.92. The van der Waals surface area contributed by atoms with E-state index < -0.39 is 22.5 Å². The van der Waals surface area contributed by atoms with Gasteiger partial charge in [0.2, 0.25) is 10.0 Å². The van der Waals surface area contributed by atoms with Gasteiger partial charge in [-0.25, -0.2) is 8.42 Å². The van der Waals surface area contributed by atoms with Crippen molar-refractivity contribution in [3.63, 3.8) is 0 Å². The van der Waals surface area contributed by atoms with Gasteiger partial charge in [0.15, 0.2) is 0 Å². The molecule has 0 saturated carbocycles. The molecule has 0 atom stereocenters. The van der Waals surface area contributed by atoms with Crippen molar-refractivity contribution in [1.29, 1.82) is 0 Å². The molecule has 0 unspecified atom stereocenters. The Morgan fingerprint density at radius 2 is 1.71 bits per heavy atom. The van der Waals surface area contributed by atoms with Gasteiger partial charge in [0.25, 0.3) is 5.91 Å². The van der Waals surface area contributed by atoms with Crippen molar-refractivity contribution in [3.05, 3.63) is 53.6 Å². The van der Waals surface area contributed by atoms with Crippen molar-refractivity contribution < 1.29 is 26.7 Å². The molecule has 2 rings (SSSR count). The number of rotatable bonds is 8. The summed E-state index contributed by atoms with van der Waals surface area (Å²) in [6, 6.07) is 9.83. The first-order valence-corrected chi connectivity index (χ1v) is 10.1. The zero-order valence-electron chi connectivity index (χ0n) is 15.8. The minimum absolute atomic E-state index is 0.0607. The summed E-state index contributed by atoms with van der Waals surface area (Å²) in [4.78, 5) is 12.5. The van der Waals surface area contributed by atoms with Crippen LogP contribution in [-0.2, 0) is 10.0 Å². The van der Waals surface area contributed by atoms with E-state index in [0.29, 0.717) is 24.3 Å². The van der Waals surface area contributed by atoms with E-state index in [0.717, 1.165) is 0 Å². The first kappa shape index (κ1) is 21.8. The highest BCUT2D eigenvalue weighted by atomic mass is 32.2. The zero-order valence-corrected chi connectivity index (χ0v) is 16.6. The molecule has 9 heteroatoms. The first-order chi connectivity index (χ1) is 13.2. The number of hydrogen-bond acceptors (Lipinski definition) is 4. The number of alkyl halides is 2. The molecule has 1 amide bonds. The average molecular weight is 412 g/mol. The number of benzene rings is 2. The van der Waals surface area contributed by atoms with Gasteiger partial charge in [-0.05, 0) is 48.9 Å². The molecule has 0 radical (unpaired) electrons. The fourth-order valence-electron chi connectivity index (χ4n) is 2.65. The van der Waals surface area contributed by atoms with E-state index in [9.17, 15) is 22.0 Å². The third-order valence-corrected chi connectivity index (χ3v) is 6.30. The highest BCUT2D eigenvalue weighted by Gasteiger charge is 2.24. The van der Waals surface area contributed by atoms with Crippen LogP contribution in [0.5, 0.6) is 5.75 Å². The number of hydrogen-bond donors (Lipinski definition) is 1. The fraction of sp³-hybridized carbons (Fsp3) is 0.316. The summed E-state index contributed by atoms with van der Waals surface area (Å²) in [5.74, 6) is -0.562. The summed E-state index contributed by atoms with van der Waals surface area (Å²) in [5.41, 5.74) is 1.10. The van der Waals surface area contributed by atoms with Crippen LogP contribution in [0.25, 0.3) is 0 Å².